The van der Waals surface area contributed by atoms with Crippen LogP contribution < -0.4 is 0 Å². The lowest BCUT2D eigenvalue weighted by atomic mass is 10.2. The van der Waals surface area contributed by atoms with E-state index in [9.17, 15) is 9.59 Å². The number of unbranched alkanes of at least 4 members (excludes halogenated alkanes) is 1. The first-order valence-corrected chi connectivity index (χ1v) is 5.28. The van der Waals surface area contributed by atoms with E-state index in [-0.39, 0.29) is 26.1 Å². The lowest BCUT2D eigenvalue weighted by Crippen LogP contribution is -2.15. The molecule has 0 aromatic carbocycles. The third kappa shape index (κ3) is 29.4. The minimum Gasteiger partial charge on any atom is -0.481 e. The summed E-state index contributed by atoms with van der Waals surface area (Å²) in [6.07, 6.45) is 0.0640. The van der Waals surface area contributed by atoms with Crippen LogP contribution in [0.5, 0.6) is 0 Å². The molecule has 0 atom stereocenters. The maximum atomic E-state index is 9.90. The van der Waals surface area contributed by atoms with Gasteiger partial charge < -0.3 is 25.5 Å². The van der Waals surface area contributed by atoms with E-state index in [4.69, 9.17) is 30.2 Å². The maximum absolute atomic E-state index is 9.90. The third-order valence-electron chi connectivity index (χ3n) is 1.45. The van der Waals surface area contributed by atoms with Crippen molar-refractivity contribution in [1.29, 1.82) is 0 Å². The van der Waals surface area contributed by atoms with E-state index in [2.05, 4.69) is 11.9 Å². The van der Waals surface area contributed by atoms with Gasteiger partial charge in [0.05, 0.1) is 25.1 Å². The molecule has 0 spiro atoms. The summed E-state index contributed by atoms with van der Waals surface area (Å²) in [5.41, 5.74) is 0. The Labute approximate surface area is 109 Å². The van der Waals surface area contributed by atoms with E-state index < -0.39 is 18.0 Å². The van der Waals surface area contributed by atoms with Gasteiger partial charge in [-0.25, -0.2) is 0 Å². The summed E-state index contributed by atoms with van der Waals surface area (Å²) >= 11 is 3.64. The quantitative estimate of drug-likeness (QED) is 0.332. The van der Waals surface area contributed by atoms with Crippen LogP contribution in [0.1, 0.15) is 25.7 Å². The van der Waals surface area contributed by atoms with Gasteiger partial charge in [-0.05, 0) is 12.8 Å². The van der Waals surface area contributed by atoms with Crippen LogP contribution in [-0.4, -0.2) is 61.4 Å². The predicted octanol–water partition coefficient (Wildman–Crippen LogP) is -0.820. The first-order valence-electron chi connectivity index (χ1n) is 4.94. The molecule has 0 radical (unpaired) electrons. The molecule has 18 heavy (non-hydrogen) atoms. The van der Waals surface area contributed by atoms with Gasteiger partial charge in [-0.3, -0.25) is 14.2 Å². The molecule has 0 fully saturated rings. The van der Waals surface area contributed by atoms with Crippen LogP contribution >= 0.6 is 11.9 Å². The smallest absolute Gasteiger partial charge is 0.303 e. The Morgan fingerprint density at radius 3 is 1.28 bits per heavy atom. The van der Waals surface area contributed by atoms with Crippen molar-refractivity contribution in [1.82, 2.24) is 0 Å². The molecule has 0 rings (SSSR count). The molecule has 6 N–H and O–H groups in total. The molecule has 110 valence electrons. The number of rotatable bonds is 7. The van der Waals surface area contributed by atoms with Crippen LogP contribution in [-0.2, 0) is 9.59 Å². The topological polar surface area (TPSA) is 156 Å². The third-order valence-corrected chi connectivity index (χ3v) is 1.45. The number of aliphatic hydroxyl groups excluding tert-OH is 3. The maximum Gasteiger partial charge on any atom is 0.303 e. The SMILES string of the molecule is O=C(O)CCCCC(=O)O.OCC(O)CO.OCl. The fourth-order valence-corrected chi connectivity index (χ4v) is 0.610. The Kier molecular flexibility index (Phi) is 22.8. The zero-order valence-electron chi connectivity index (χ0n) is 9.70. The molecule has 0 aliphatic heterocycles. The van der Waals surface area contributed by atoms with Gasteiger partial charge in [0.1, 0.15) is 6.10 Å². The van der Waals surface area contributed by atoms with Crippen molar-refractivity contribution in [3.8, 4) is 0 Å². The first-order chi connectivity index (χ1) is 8.43. The zero-order valence-corrected chi connectivity index (χ0v) is 10.5. The van der Waals surface area contributed by atoms with Crippen molar-refractivity contribution >= 4 is 23.8 Å². The van der Waals surface area contributed by atoms with E-state index in [1.807, 2.05) is 0 Å². The molecule has 0 aromatic rings. The summed E-state index contributed by atoms with van der Waals surface area (Å²) in [5.74, 6) is -1.74. The van der Waals surface area contributed by atoms with Gasteiger partial charge in [0.2, 0.25) is 0 Å². The molecular weight excluding hydrogens is 272 g/mol. The Morgan fingerprint density at radius 2 is 1.17 bits per heavy atom. The average Bonchev–Trinajstić information content (AvgIpc) is 2.36. The highest BCUT2D eigenvalue weighted by molar-refractivity contribution is 6.04. The van der Waals surface area contributed by atoms with Gasteiger partial charge in [-0.15, -0.1) is 0 Å². The van der Waals surface area contributed by atoms with Crippen molar-refractivity contribution in [2.75, 3.05) is 13.2 Å². The molecule has 0 saturated carbocycles. The molecule has 0 saturated heterocycles. The van der Waals surface area contributed by atoms with Crippen LogP contribution in [0.25, 0.3) is 0 Å². The van der Waals surface area contributed by atoms with Crippen molar-refractivity contribution in [3.05, 3.63) is 0 Å². The Morgan fingerprint density at radius 1 is 0.889 bits per heavy atom. The monoisotopic (exact) mass is 290 g/mol. The number of aliphatic carboxylic acids is 2. The number of aliphatic hydroxyl groups is 3. The van der Waals surface area contributed by atoms with Crippen molar-refractivity contribution < 1.29 is 39.8 Å². The molecule has 0 bridgehead atoms. The normalized spacial score (nSPS) is 8.78. The Hall–Kier alpha value is -0.930. The number of carboxylic acid groups (broad SMARTS) is 2. The summed E-state index contributed by atoms with van der Waals surface area (Å²) in [5, 5.41) is 40.3. The largest absolute Gasteiger partial charge is 0.481 e. The highest BCUT2D eigenvalue weighted by Gasteiger charge is 1.99. The molecule has 0 aliphatic rings. The van der Waals surface area contributed by atoms with Gasteiger partial charge in [0.15, 0.2) is 0 Å². The van der Waals surface area contributed by atoms with Crippen LogP contribution in [0, 0.1) is 0 Å². The first kappa shape index (κ1) is 22.3. The molecule has 0 aromatic heterocycles. The summed E-state index contributed by atoms with van der Waals surface area (Å²) < 4.78 is 6.47. The van der Waals surface area contributed by atoms with Gasteiger partial charge in [-0.2, -0.15) is 0 Å². The van der Waals surface area contributed by atoms with Crippen molar-refractivity contribution in [2.45, 2.75) is 31.8 Å². The molecular formula is C9H19ClO8. The van der Waals surface area contributed by atoms with Gasteiger partial charge >= 0.3 is 11.9 Å². The standard InChI is InChI=1S/C6H10O4.C3H8O3.ClHO/c7-5(8)3-1-2-4-6(9)10;4-1-3(6)2-5;1-2/h1-4H2,(H,7,8)(H,9,10);3-6H,1-2H2;2H. The molecule has 9 heteroatoms. The van der Waals surface area contributed by atoms with E-state index >= 15 is 0 Å². The van der Waals surface area contributed by atoms with Gasteiger partial charge in [-0.1, -0.05) is 0 Å². The number of halogens is 1. The average molecular weight is 291 g/mol. The van der Waals surface area contributed by atoms with Gasteiger partial charge in [0, 0.05) is 12.8 Å². The van der Waals surface area contributed by atoms with E-state index in [0.717, 1.165) is 0 Å². The minimum absolute atomic E-state index is 0.0628. The summed E-state index contributed by atoms with van der Waals surface area (Å²) in [6.45, 7) is -0.729. The molecule has 0 heterocycles. The second-order valence-corrected chi connectivity index (χ2v) is 3.01. The molecule has 0 unspecified atom stereocenters. The highest BCUT2D eigenvalue weighted by atomic mass is 35.5. The number of hydrogen-bond acceptors (Lipinski definition) is 6. The van der Waals surface area contributed by atoms with Crippen LogP contribution in [0.15, 0.2) is 0 Å². The van der Waals surface area contributed by atoms with Crippen LogP contribution in [0.3, 0.4) is 0 Å². The van der Waals surface area contributed by atoms with Gasteiger partial charge in [0.25, 0.3) is 0 Å². The number of hydrogen-bond donors (Lipinski definition) is 6. The fraction of sp³-hybridized carbons (Fsp3) is 0.778. The van der Waals surface area contributed by atoms with E-state index in [1.165, 1.54) is 0 Å². The molecule has 0 aliphatic carbocycles. The second-order valence-electron chi connectivity index (χ2n) is 3.01. The second kappa shape index (κ2) is 18.4. The Balaban J connectivity index is -0.000000241. The van der Waals surface area contributed by atoms with Crippen molar-refractivity contribution in [3.63, 3.8) is 0 Å². The van der Waals surface area contributed by atoms with E-state index in [0.29, 0.717) is 12.8 Å². The van der Waals surface area contributed by atoms with Crippen LogP contribution in [0.4, 0.5) is 0 Å². The Bertz CT molecular complexity index is 179. The lowest BCUT2D eigenvalue weighted by molar-refractivity contribution is -0.139. The van der Waals surface area contributed by atoms with E-state index in [1.54, 1.807) is 0 Å². The summed E-state index contributed by atoms with van der Waals surface area (Å²) in [7, 11) is 0. The summed E-state index contributed by atoms with van der Waals surface area (Å²) in [6, 6.07) is 0. The summed E-state index contributed by atoms with van der Waals surface area (Å²) in [4.78, 5) is 19.8. The molecule has 8 nitrogen and oxygen atoms in total. The predicted molar refractivity (Wildman–Crippen MR) is 62.0 cm³/mol. The minimum atomic E-state index is -0.954. The zero-order chi connectivity index (χ0) is 15.0. The number of carboxylic acids is 2. The number of carbonyl (C=O) groups is 2. The lowest BCUT2D eigenvalue weighted by Gasteiger charge is -1.96. The van der Waals surface area contributed by atoms with Crippen LogP contribution in [0.2, 0.25) is 0 Å². The highest BCUT2D eigenvalue weighted by Crippen LogP contribution is 1.98. The fourth-order valence-electron chi connectivity index (χ4n) is 0.610. The molecule has 0 amide bonds. The van der Waals surface area contributed by atoms with Crippen molar-refractivity contribution in [2.24, 2.45) is 0 Å².